The number of hydrogen-bond donors (Lipinski definition) is 1. The number of aliphatic hydroxyl groups excluding tert-OH is 1. The molecule has 0 aliphatic rings. The molecule has 1 unspecified atom stereocenters. The Balaban J connectivity index is 2.31. The Bertz CT molecular complexity index is 481. The molecule has 2 rings (SSSR count). The van der Waals surface area contributed by atoms with Crippen LogP contribution in [0.4, 0.5) is 0 Å². The van der Waals surface area contributed by atoms with Crippen molar-refractivity contribution in [3.05, 3.63) is 29.7 Å². The van der Waals surface area contributed by atoms with Gasteiger partial charge < -0.3 is 9.84 Å². The number of aliphatic hydroxyl groups is 1. The maximum Gasteiger partial charge on any atom is 0.155 e. The van der Waals surface area contributed by atoms with Crippen molar-refractivity contribution in [3.63, 3.8) is 0 Å². The predicted molar refractivity (Wildman–Crippen MR) is 59.3 cm³/mol. The first-order valence-electron chi connectivity index (χ1n) is 5.17. The molecule has 86 valence electrons. The lowest BCUT2D eigenvalue weighted by Crippen LogP contribution is -2.19. The third-order valence-electron chi connectivity index (χ3n) is 2.40. The molecule has 1 N–H and O–H groups in total. The number of aromatic nitrogens is 3. The fourth-order valence-electron chi connectivity index (χ4n) is 1.78. The van der Waals surface area contributed by atoms with Gasteiger partial charge in [0.2, 0.25) is 0 Å². The van der Waals surface area contributed by atoms with Crippen LogP contribution in [0.1, 0.15) is 11.3 Å². The summed E-state index contributed by atoms with van der Waals surface area (Å²) >= 11 is 0. The first-order valence-corrected chi connectivity index (χ1v) is 5.17. The van der Waals surface area contributed by atoms with Gasteiger partial charge in [0.15, 0.2) is 5.65 Å². The second kappa shape index (κ2) is 4.59. The summed E-state index contributed by atoms with van der Waals surface area (Å²) in [5, 5.41) is 13.8. The van der Waals surface area contributed by atoms with Crippen molar-refractivity contribution >= 4 is 5.65 Å². The SMILES string of the molecule is COCC(O)Cc1cc(C)cc2ncnn12. The van der Waals surface area contributed by atoms with Crippen LogP contribution in [0.15, 0.2) is 18.5 Å². The van der Waals surface area contributed by atoms with E-state index in [9.17, 15) is 5.11 Å². The van der Waals surface area contributed by atoms with E-state index in [4.69, 9.17) is 4.74 Å². The molecule has 2 heterocycles. The Kier molecular flexibility index (Phi) is 3.17. The van der Waals surface area contributed by atoms with Gasteiger partial charge in [0.25, 0.3) is 0 Å². The van der Waals surface area contributed by atoms with Crippen LogP contribution in [-0.4, -0.2) is 39.5 Å². The fourth-order valence-corrected chi connectivity index (χ4v) is 1.78. The lowest BCUT2D eigenvalue weighted by Gasteiger charge is -2.11. The molecule has 0 spiro atoms. The van der Waals surface area contributed by atoms with Crippen molar-refractivity contribution in [2.24, 2.45) is 0 Å². The van der Waals surface area contributed by atoms with E-state index in [0.29, 0.717) is 13.0 Å². The molecule has 0 saturated carbocycles. The Morgan fingerprint density at radius 1 is 1.50 bits per heavy atom. The first kappa shape index (κ1) is 11.0. The summed E-state index contributed by atoms with van der Waals surface area (Å²) in [5.74, 6) is 0. The molecular weight excluding hydrogens is 206 g/mol. The van der Waals surface area contributed by atoms with Gasteiger partial charge >= 0.3 is 0 Å². The smallest absolute Gasteiger partial charge is 0.155 e. The monoisotopic (exact) mass is 221 g/mol. The number of ether oxygens (including phenoxy) is 1. The highest BCUT2D eigenvalue weighted by Crippen LogP contribution is 2.10. The minimum atomic E-state index is -0.515. The van der Waals surface area contributed by atoms with E-state index < -0.39 is 6.10 Å². The van der Waals surface area contributed by atoms with Gasteiger partial charge in [-0.1, -0.05) is 0 Å². The lowest BCUT2D eigenvalue weighted by atomic mass is 10.1. The van der Waals surface area contributed by atoms with E-state index >= 15 is 0 Å². The summed E-state index contributed by atoms with van der Waals surface area (Å²) in [4.78, 5) is 4.13. The van der Waals surface area contributed by atoms with Gasteiger partial charge in [0, 0.05) is 19.2 Å². The van der Waals surface area contributed by atoms with Crippen molar-refractivity contribution in [3.8, 4) is 0 Å². The quantitative estimate of drug-likeness (QED) is 0.820. The average molecular weight is 221 g/mol. The third-order valence-corrected chi connectivity index (χ3v) is 2.40. The topological polar surface area (TPSA) is 59.7 Å². The molecule has 0 bridgehead atoms. The molecule has 0 fully saturated rings. The molecular formula is C11H15N3O2. The number of nitrogens with zero attached hydrogens (tertiary/aromatic N) is 3. The van der Waals surface area contributed by atoms with Gasteiger partial charge in [-0.3, -0.25) is 0 Å². The van der Waals surface area contributed by atoms with Gasteiger partial charge in [0.1, 0.15) is 6.33 Å². The predicted octanol–water partition coefficient (Wildman–Crippen LogP) is 0.588. The van der Waals surface area contributed by atoms with Crippen molar-refractivity contribution in [2.45, 2.75) is 19.4 Å². The molecule has 0 amide bonds. The summed E-state index contributed by atoms with van der Waals surface area (Å²) in [6.07, 6.45) is 1.51. The highest BCUT2D eigenvalue weighted by atomic mass is 16.5. The highest BCUT2D eigenvalue weighted by molar-refractivity contribution is 5.41. The van der Waals surface area contributed by atoms with Crippen LogP contribution in [0, 0.1) is 6.92 Å². The third kappa shape index (κ3) is 2.20. The maximum absolute atomic E-state index is 9.70. The van der Waals surface area contributed by atoms with E-state index in [2.05, 4.69) is 10.1 Å². The van der Waals surface area contributed by atoms with E-state index in [-0.39, 0.29) is 0 Å². The zero-order chi connectivity index (χ0) is 11.5. The standard InChI is InChI=1S/C11H15N3O2/c1-8-3-9(5-10(15)6-16-2)14-11(4-8)12-7-13-14/h3-4,7,10,15H,5-6H2,1-2H3. The largest absolute Gasteiger partial charge is 0.390 e. The summed E-state index contributed by atoms with van der Waals surface area (Å²) in [7, 11) is 1.57. The number of hydrogen-bond acceptors (Lipinski definition) is 4. The number of pyridine rings is 1. The van der Waals surface area contributed by atoms with Gasteiger partial charge in [-0.05, 0) is 24.6 Å². The molecule has 16 heavy (non-hydrogen) atoms. The average Bonchev–Trinajstić information content (AvgIpc) is 2.65. The zero-order valence-electron chi connectivity index (χ0n) is 9.42. The molecule has 0 aromatic carbocycles. The summed E-state index contributed by atoms with van der Waals surface area (Å²) in [5.41, 5.74) is 2.86. The van der Waals surface area contributed by atoms with E-state index in [0.717, 1.165) is 16.9 Å². The second-order valence-corrected chi connectivity index (χ2v) is 3.87. The number of fused-ring (bicyclic) bond motifs is 1. The van der Waals surface area contributed by atoms with Crippen LogP contribution in [0.25, 0.3) is 5.65 Å². The lowest BCUT2D eigenvalue weighted by molar-refractivity contribution is 0.0641. The number of methoxy groups -OCH3 is 1. The van der Waals surface area contributed by atoms with Crippen molar-refractivity contribution in [1.29, 1.82) is 0 Å². The Hall–Kier alpha value is -1.46. The molecule has 0 saturated heterocycles. The molecule has 5 heteroatoms. The van der Waals surface area contributed by atoms with Crippen LogP contribution in [0.5, 0.6) is 0 Å². The van der Waals surface area contributed by atoms with Crippen molar-refractivity contribution in [1.82, 2.24) is 14.6 Å². The number of aryl methyl sites for hydroxylation is 1. The fraction of sp³-hybridized carbons (Fsp3) is 0.455. The zero-order valence-corrected chi connectivity index (χ0v) is 9.42. The minimum Gasteiger partial charge on any atom is -0.390 e. The Labute approximate surface area is 93.7 Å². The molecule has 0 aliphatic heterocycles. The van der Waals surface area contributed by atoms with Gasteiger partial charge in [0.05, 0.1) is 12.7 Å². The maximum atomic E-state index is 9.70. The molecule has 0 radical (unpaired) electrons. The normalized spacial score (nSPS) is 13.2. The van der Waals surface area contributed by atoms with E-state index in [1.165, 1.54) is 6.33 Å². The van der Waals surface area contributed by atoms with Crippen molar-refractivity contribution in [2.75, 3.05) is 13.7 Å². The van der Waals surface area contributed by atoms with Crippen LogP contribution in [-0.2, 0) is 11.2 Å². The summed E-state index contributed by atoms with van der Waals surface area (Å²) in [6.45, 7) is 2.32. The van der Waals surface area contributed by atoms with Gasteiger partial charge in [-0.2, -0.15) is 5.10 Å². The van der Waals surface area contributed by atoms with Crippen LogP contribution in [0.2, 0.25) is 0 Å². The molecule has 5 nitrogen and oxygen atoms in total. The van der Waals surface area contributed by atoms with Crippen molar-refractivity contribution < 1.29 is 9.84 Å². The molecule has 2 aromatic rings. The number of rotatable bonds is 4. The second-order valence-electron chi connectivity index (χ2n) is 3.87. The first-order chi connectivity index (χ1) is 7.70. The molecule has 0 aliphatic carbocycles. The van der Waals surface area contributed by atoms with E-state index in [1.54, 1.807) is 11.6 Å². The van der Waals surface area contributed by atoms with Gasteiger partial charge in [-0.25, -0.2) is 9.50 Å². The van der Waals surface area contributed by atoms with Crippen LogP contribution in [0.3, 0.4) is 0 Å². The summed E-state index contributed by atoms with van der Waals surface area (Å²) in [6, 6.07) is 3.96. The highest BCUT2D eigenvalue weighted by Gasteiger charge is 2.10. The molecule has 2 aromatic heterocycles. The molecule has 1 atom stereocenters. The Morgan fingerprint density at radius 2 is 2.31 bits per heavy atom. The summed E-state index contributed by atoms with van der Waals surface area (Å²) < 4.78 is 6.65. The van der Waals surface area contributed by atoms with Gasteiger partial charge in [-0.15, -0.1) is 0 Å². The minimum absolute atomic E-state index is 0.324. The Morgan fingerprint density at radius 3 is 3.06 bits per heavy atom. The van der Waals surface area contributed by atoms with E-state index in [1.807, 2.05) is 19.1 Å². The van der Waals surface area contributed by atoms with Crippen LogP contribution < -0.4 is 0 Å². The van der Waals surface area contributed by atoms with Crippen LogP contribution >= 0.6 is 0 Å².